The van der Waals surface area contributed by atoms with Gasteiger partial charge in [-0.25, -0.2) is 9.18 Å². The number of carboxylic acid groups (broad SMARTS) is 1. The normalized spacial score (nSPS) is 19.2. The van der Waals surface area contributed by atoms with E-state index >= 15 is 0 Å². The summed E-state index contributed by atoms with van der Waals surface area (Å²) in [5.41, 5.74) is 5.36. The average molecular weight is 254 g/mol. The number of carbonyl (C=O) groups is 1. The third kappa shape index (κ3) is 2.11. The molecule has 0 amide bonds. The lowest BCUT2D eigenvalue weighted by atomic mass is 10.1. The van der Waals surface area contributed by atoms with E-state index in [1.807, 2.05) is 4.90 Å². The van der Waals surface area contributed by atoms with Gasteiger partial charge in [-0.2, -0.15) is 0 Å². The lowest BCUT2D eigenvalue weighted by Crippen LogP contribution is -2.24. The van der Waals surface area contributed by atoms with Gasteiger partial charge in [-0.1, -0.05) is 0 Å². The Kier molecular flexibility index (Phi) is 3.38. The summed E-state index contributed by atoms with van der Waals surface area (Å²) in [5.74, 6) is -1.85. The number of benzene rings is 1. The Morgan fingerprint density at radius 1 is 1.56 bits per heavy atom. The summed E-state index contributed by atoms with van der Waals surface area (Å²) in [6.07, 6.45) is 0.785. The Labute approximate surface area is 104 Å². The van der Waals surface area contributed by atoms with Gasteiger partial charge in [-0.3, -0.25) is 0 Å². The highest BCUT2D eigenvalue weighted by Crippen LogP contribution is 2.31. The van der Waals surface area contributed by atoms with Gasteiger partial charge in [0.25, 0.3) is 0 Å². The number of aliphatic hydroxyl groups excluding tert-OH is 1. The van der Waals surface area contributed by atoms with Crippen molar-refractivity contribution in [1.29, 1.82) is 0 Å². The average Bonchev–Trinajstić information content (AvgIpc) is 2.80. The van der Waals surface area contributed by atoms with E-state index in [4.69, 9.17) is 15.9 Å². The number of halogens is 1. The van der Waals surface area contributed by atoms with E-state index in [0.717, 1.165) is 6.42 Å². The SMILES string of the molecule is Nc1c(F)ccc(N2CCC(CO)C2)c1C(=O)O. The molecular formula is C12H15FN2O3. The lowest BCUT2D eigenvalue weighted by Gasteiger charge is -2.21. The van der Waals surface area contributed by atoms with Gasteiger partial charge in [0.1, 0.15) is 11.4 Å². The van der Waals surface area contributed by atoms with Crippen molar-refractivity contribution in [3.8, 4) is 0 Å². The summed E-state index contributed by atoms with van der Waals surface area (Å²) in [6, 6.07) is 2.60. The van der Waals surface area contributed by atoms with Crippen molar-refractivity contribution in [2.75, 3.05) is 30.3 Å². The van der Waals surface area contributed by atoms with Gasteiger partial charge >= 0.3 is 5.97 Å². The van der Waals surface area contributed by atoms with Gasteiger partial charge in [0.15, 0.2) is 0 Å². The van der Waals surface area contributed by atoms with E-state index in [9.17, 15) is 9.18 Å². The molecule has 1 aliphatic heterocycles. The summed E-state index contributed by atoms with van der Waals surface area (Å²) < 4.78 is 13.3. The highest BCUT2D eigenvalue weighted by atomic mass is 19.1. The van der Waals surface area contributed by atoms with E-state index in [2.05, 4.69) is 0 Å². The molecule has 1 aliphatic rings. The maximum Gasteiger partial charge on any atom is 0.340 e. The molecule has 1 aromatic rings. The summed E-state index contributed by atoms with van der Waals surface area (Å²) in [5, 5.41) is 18.2. The number of nitrogens with two attached hydrogens (primary N) is 1. The Morgan fingerprint density at radius 3 is 2.83 bits per heavy atom. The smallest absolute Gasteiger partial charge is 0.340 e. The van der Waals surface area contributed by atoms with Gasteiger partial charge in [0.05, 0.1) is 11.4 Å². The molecule has 1 unspecified atom stereocenters. The number of rotatable bonds is 3. The fourth-order valence-electron chi connectivity index (χ4n) is 2.27. The quantitative estimate of drug-likeness (QED) is 0.698. The first-order chi connectivity index (χ1) is 8.54. The Morgan fingerprint density at radius 2 is 2.28 bits per heavy atom. The molecule has 5 nitrogen and oxygen atoms in total. The van der Waals surface area contributed by atoms with Crippen LogP contribution in [0.1, 0.15) is 16.8 Å². The van der Waals surface area contributed by atoms with Crippen LogP contribution in [-0.4, -0.2) is 35.9 Å². The van der Waals surface area contributed by atoms with E-state index in [1.165, 1.54) is 12.1 Å². The van der Waals surface area contributed by atoms with Crippen molar-refractivity contribution in [1.82, 2.24) is 0 Å². The first kappa shape index (κ1) is 12.6. The van der Waals surface area contributed by atoms with E-state index in [-0.39, 0.29) is 23.8 Å². The second-order valence-electron chi connectivity index (χ2n) is 4.44. The number of aliphatic hydroxyl groups is 1. The number of anilines is 2. The number of nitrogen functional groups attached to an aromatic ring is 1. The zero-order valence-electron chi connectivity index (χ0n) is 9.77. The van der Waals surface area contributed by atoms with Crippen molar-refractivity contribution in [2.24, 2.45) is 5.92 Å². The van der Waals surface area contributed by atoms with Gasteiger partial charge in [-0.05, 0) is 18.6 Å². The zero-order valence-corrected chi connectivity index (χ0v) is 9.77. The number of hydrogen-bond donors (Lipinski definition) is 3. The second kappa shape index (κ2) is 4.81. The minimum absolute atomic E-state index is 0.0651. The largest absolute Gasteiger partial charge is 0.478 e. The second-order valence-corrected chi connectivity index (χ2v) is 4.44. The predicted octanol–water partition coefficient (Wildman–Crippen LogP) is 0.925. The van der Waals surface area contributed by atoms with Crippen LogP contribution in [0.2, 0.25) is 0 Å². The summed E-state index contributed by atoms with van der Waals surface area (Å²) in [7, 11) is 0. The van der Waals surface area contributed by atoms with Crippen LogP contribution < -0.4 is 10.6 Å². The maximum absolute atomic E-state index is 13.3. The van der Waals surface area contributed by atoms with Crippen molar-refractivity contribution >= 4 is 17.3 Å². The molecule has 0 radical (unpaired) electrons. The number of aromatic carboxylic acids is 1. The Bertz CT molecular complexity index is 479. The van der Waals surface area contributed by atoms with Gasteiger partial charge in [0.2, 0.25) is 0 Å². The van der Waals surface area contributed by atoms with E-state index < -0.39 is 11.8 Å². The molecule has 98 valence electrons. The molecule has 0 spiro atoms. The maximum atomic E-state index is 13.3. The van der Waals surface area contributed by atoms with Crippen LogP contribution >= 0.6 is 0 Å². The molecule has 0 aliphatic carbocycles. The molecule has 0 aromatic heterocycles. The van der Waals surface area contributed by atoms with Gasteiger partial charge in [-0.15, -0.1) is 0 Å². The predicted molar refractivity (Wildman–Crippen MR) is 65.2 cm³/mol. The van der Waals surface area contributed by atoms with Crippen LogP contribution in [0.4, 0.5) is 15.8 Å². The van der Waals surface area contributed by atoms with Crippen LogP contribution in [0.25, 0.3) is 0 Å². The molecule has 6 heteroatoms. The lowest BCUT2D eigenvalue weighted by molar-refractivity contribution is 0.0698. The molecule has 0 saturated carbocycles. The fourth-order valence-corrected chi connectivity index (χ4v) is 2.27. The van der Waals surface area contributed by atoms with Crippen molar-refractivity contribution in [3.63, 3.8) is 0 Å². The molecule has 1 aromatic carbocycles. The summed E-state index contributed by atoms with van der Waals surface area (Å²) in [6.45, 7) is 1.26. The molecule has 4 N–H and O–H groups in total. The van der Waals surface area contributed by atoms with E-state index in [0.29, 0.717) is 18.8 Å². The topological polar surface area (TPSA) is 86.8 Å². The Balaban J connectivity index is 2.39. The highest BCUT2D eigenvalue weighted by Gasteiger charge is 2.27. The third-order valence-electron chi connectivity index (χ3n) is 3.27. The number of nitrogens with zero attached hydrogens (tertiary/aromatic N) is 1. The molecule has 18 heavy (non-hydrogen) atoms. The first-order valence-electron chi connectivity index (χ1n) is 5.71. The van der Waals surface area contributed by atoms with Crippen molar-refractivity contribution in [3.05, 3.63) is 23.5 Å². The first-order valence-corrected chi connectivity index (χ1v) is 5.71. The van der Waals surface area contributed by atoms with Crippen LogP contribution in [0.3, 0.4) is 0 Å². The standard InChI is InChI=1S/C12H15FN2O3/c13-8-1-2-9(10(11(8)14)12(17)18)15-4-3-7(5-15)6-16/h1-2,7,16H,3-6,14H2,(H,17,18). The molecule has 1 heterocycles. The number of carboxylic acids is 1. The van der Waals surface area contributed by atoms with Crippen LogP contribution in [0.15, 0.2) is 12.1 Å². The molecule has 1 saturated heterocycles. The van der Waals surface area contributed by atoms with Gasteiger partial charge < -0.3 is 20.8 Å². The van der Waals surface area contributed by atoms with Crippen molar-refractivity contribution < 1.29 is 19.4 Å². The van der Waals surface area contributed by atoms with Crippen LogP contribution in [0.5, 0.6) is 0 Å². The third-order valence-corrected chi connectivity index (χ3v) is 3.27. The van der Waals surface area contributed by atoms with Crippen molar-refractivity contribution in [2.45, 2.75) is 6.42 Å². The molecule has 0 bridgehead atoms. The summed E-state index contributed by atoms with van der Waals surface area (Å²) in [4.78, 5) is 13.0. The molecule has 1 fully saturated rings. The highest BCUT2D eigenvalue weighted by molar-refractivity contribution is 6.00. The minimum Gasteiger partial charge on any atom is -0.478 e. The Hall–Kier alpha value is -1.82. The zero-order chi connectivity index (χ0) is 13.3. The minimum atomic E-state index is -1.24. The molecular weight excluding hydrogens is 239 g/mol. The monoisotopic (exact) mass is 254 g/mol. The summed E-state index contributed by atoms with van der Waals surface area (Å²) >= 11 is 0. The van der Waals surface area contributed by atoms with Crippen LogP contribution in [0, 0.1) is 11.7 Å². The van der Waals surface area contributed by atoms with E-state index in [1.54, 1.807) is 0 Å². The van der Waals surface area contributed by atoms with Gasteiger partial charge in [0, 0.05) is 25.6 Å². The fraction of sp³-hybridized carbons (Fsp3) is 0.417. The van der Waals surface area contributed by atoms with Crippen LogP contribution in [-0.2, 0) is 0 Å². The molecule has 2 rings (SSSR count). The number of hydrogen-bond acceptors (Lipinski definition) is 4. The molecule has 1 atom stereocenters.